The van der Waals surface area contributed by atoms with Crippen molar-refractivity contribution in [3.05, 3.63) is 71.3 Å². The van der Waals surface area contributed by atoms with E-state index >= 15 is 0 Å². The molecule has 0 radical (unpaired) electrons. The van der Waals surface area contributed by atoms with Gasteiger partial charge in [0.1, 0.15) is 0 Å². The molecule has 0 aromatic heterocycles. The van der Waals surface area contributed by atoms with Gasteiger partial charge < -0.3 is 0 Å². The number of rotatable bonds is 6. The van der Waals surface area contributed by atoms with Gasteiger partial charge in [0.25, 0.3) is 5.91 Å². The van der Waals surface area contributed by atoms with E-state index in [1.54, 1.807) is 0 Å². The van der Waals surface area contributed by atoms with Crippen molar-refractivity contribution in [2.45, 2.75) is 50.0 Å². The second kappa shape index (κ2) is 10.2. The van der Waals surface area contributed by atoms with Gasteiger partial charge in [0.2, 0.25) is 0 Å². The van der Waals surface area contributed by atoms with Gasteiger partial charge in [0.05, 0.1) is 0 Å². The lowest BCUT2D eigenvalue weighted by Gasteiger charge is -2.06. The van der Waals surface area contributed by atoms with Crippen molar-refractivity contribution >= 4 is 23.4 Å². The van der Waals surface area contributed by atoms with Crippen LogP contribution in [0.1, 0.15) is 60.0 Å². The molecule has 1 aliphatic rings. The quantitative estimate of drug-likeness (QED) is 0.537. The molecule has 0 spiro atoms. The SMILES string of the molecule is O=C(NN=C1CCCCCC1)c1ccc(CSCc2ccccc2)cc1. The van der Waals surface area contributed by atoms with Crippen LogP contribution in [-0.4, -0.2) is 11.6 Å². The van der Waals surface area contributed by atoms with Gasteiger partial charge in [-0.05, 0) is 48.9 Å². The van der Waals surface area contributed by atoms with E-state index in [0.29, 0.717) is 5.56 Å². The molecule has 0 saturated heterocycles. The summed E-state index contributed by atoms with van der Waals surface area (Å²) in [5.74, 6) is 1.82. The van der Waals surface area contributed by atoms with Crippen LogP contribution in [0, 0.1) is 0 Å². The number of hydrogen-bond acceptors (Lipinski definition) is 3. The van der Waals surface area contributed by atoms with Gasteiger partial charge in [-0.2, -0.15) is 16.9 Å². The van der Waals surface area contributed by atoms with Crippen molar-refractivity contribution in [3.63, 3.8) is 0 Å². The zero-order valence-corrected chi connectivity index (χ0v) is 15.9. The Hall–Kier alpha value is -2.07. The number of amides is 1. The Labute approximate surface area is 160 Å². The number of nitrogens with zero attached hydrogens (tertiary/aromatic N) is 1. The van der Waals surface area contributed by atoms with Crippen molar-refractivity contribution in [2.24, 2.45) is 5.10 Å². The monoisotopic (exact) mass is 366 g/mol. The molecular formula is C22H26N2OS. The number of hydrazone groups is 1. The highest BCUT2D eigenvalue weighted by molar-refractivity contribution is 7.97. The minimum Gasteiger partial charge on any atom is -0.267 e. The summed E-state index contributed by atoms with van der Waals surface area (Å²) < 4.78 is 0. The van der Waals surface area contributed by atoms with Gasteiger partial charge in [-0.25, -0.2) is 5.43 Å². The van der Waals surface area contributed by atoms with Crippen LogP contribution in [0.15, 0.2) is 59.7 Å². The fourth-order valence-corrected chi connectivity index (χ4v) is 4.01. The van der Waals surface area contributed by atoms with Gasteiger partial charge in [-0.3, -0.25) is 4.79 Å². The number of carbonyl (C=O) groups excluding carboxylic acids is 1. The van der Waals surface area contributed by atoms with Crippen LogP contribution in [0.3, 0.4) is 0 Å². The molecule has 0 bridgehead atoms. The Morgan fingerprint density at radius 1 is 0.846 bits per heavy atom. The Morgan fingerprint density at radius 2 is 1.46 bits per heavy atom. The zero-order valence-electron chi connectivity index (χ0n) is 15.1. The first kappa shape index (κ1) is 18.7. The molecule has 0 heterocycles. The Balaban J connectivity index is 1.47. The summed E-state index contributed by atoms with van der Waals surface area (Å²) in [7, 11) is 0. The minimum absolute atomic E-state index is 0.120. The Kier molecular flexibility index (Phi) is 7.32. The zero-order chi connectivity index (χ0) is 18.0. The lowest BCUT2D eigenvalue weighted by molar-refractivity contribution is 0.0954. The first-order valence-corrected chi connectivity index (χ1v) is 10.5. The number of carbonyl (C=O) groups is 1. The van der Waals surface area contributed by atoms with E-state index in [-0.39, 0.29) is 5.91 Å². The van der Waals surface area contributed by atoms with Crippen molar-refractivity contribution in [2.75, 3.05) is 0 Å². The topological polar surface area (TPSA) is 41.5 Å². The highest BCUT2D eigenvalue weighted by Crippen LogP contribution is 2.18. The molecule has 1 fully saturated rings. The number of nitrogens with one attached hydrogen (secondary N) is 1. The van der Waals surface area contributed by atoms with E-state index in [2.05, 4.69) is 34.8 Å². The third-order valence-electron chi connectivity index (χ3n) is 4.59. The van der Waals surface area contributed by atoms with Crippen LogP contribution < -0.4 is 5.43 Å². The van der Waals surface area contributed by atoms with Crippen molar-refractivity contribution in [1.29, 1.82) is 0 Å². The lowest BCUT2D eigenvalue weighted by Crippen LogP contribution is -2.19. The van der Waals surface area contributed by atoms with E-state index in [9.17, 15) is 4.79 Å². The first-order chi connectivity index (χ1) is 12.8. The predicted octanol–water partition coefficient (Wildman–Crippen LogP) is 5.56. The molecule has 26 heavy (non-hydrogen) atoms. The predicted molar refractivity (Wildman–Crippen MR) is 110 cm³/mol. The largest absolute Gasteiger partial charge is 0.271 e. The van der Waals surface area contributed by atoms with Crippen LogP contribution in [0.25, 0.3) is 0 Å². The second-order valence-corrected chi connectivity index (χ2v) is 7.69. The fraction of sp³-hybridized carbons (Fsp3) is 0.364. The highest BCUT2D eigenvalue weighted by atomic mass is 32.2. The maximum Gasteiger partial charge on any atom is 0.271 e. The summed E-state index contributed by atoms with van der Waals surface area (Å²) in [6.45, 7) is 0. The van der Waals surface area contributed by atoms with Gasteiger partial charge in [-0.1, -0.05) is 55.3 Å². The van der Waals surface area contributed by atoms with E-state index in [1.165, 1.54) is 36.8 Å². The summed E-state index contributed by atoms with van der Waals surface area (Å²) >= 11 is 1.88. The summed E-state index contributed by atoms with van der Waals surface area (Å²) in [6, 6.07) is 18.3. The molecule has 1 amide bonds. The molecule has 4 heteroatoms. The number of thioether (sulfide) groups is 1. The molecule has 1 saturated carbocycles. The van der Waals surface area contributed by atoms with Crippen molar-refractivity contribution in [1.82, 2.24) is 5.43 Å². The molecular weight excluding hydrogens is 340 g/mol. The molecule has 2 aromatic carbocycles. The Bertz CT molecular complexity index is 716. The number of hydrogen-bond donors (Lipinski definition) is 1. The Morgan fingerprint density at radius 3 is 2.12 bits per heavy atom. The van der Waals surface area contributed by atoms with Crippen molar-refractivity contribution < 1.29 is 4.79 Å². The molecule has 0 aliphatic heterocycles. The standard InChI is InChI=1S/C22H26N2OS/c25-22(24-23-21-10-6-1-2-7-11-21)20-14-12-19(13-15-20)17-26-16-18-8-4-3-5-9-18/h3-5,8-9,12-15H,1-2,6-7,10-11,16-17H2,(H,24,25). The molecule has 2 aromatic rings. The summed E-state index contributed by atoms with van der Waals surface area (Å²) in [6.07, 6.45) is 6.94. The van der Waals surface area contributed by atoms with E-state index in [1.807, 2.05) is 42.1 Å². The third-order valence-corrected chi connectivity index (χ3v) is 5.67. The highest BCUT2D eigenvalue weighted by Gasteiger charge is 2.08. The summed E-state index contributed by atoms with van der Waals surface area (Å²) in [5.41, 5.74) is 7.09. The maximum absolute atomic E-state index is 12.3. The van der Waals surface area contributed by atoms with E-state index < -0.39 is 0 Å². The number of benzene rings is 2. The molecule has 1 N–H and O–H groups in total. The van der Waals surface area contributed by atoms with Crippen molar-refractivity contribution in [3.8, 4) is 0 Å². The smallest absolute Gasteiger partial charge is 0.267 e. The van der Waals surface area contributed by atoms with E-state index in [4.69, 9.17) is 0 Å². The molecule has 1 aliphatic carbocycles. The second-order valence-electron chi connectivity index (χ2n) is 6.71. The van der Waals surface area contributed by atoms with Crippen LogP contribution >= 0.6 is 11.8 Å². The molecule has 3 rings (SSSR count). The van der Waals surface area contributed by atoms with Crippen LogP contribution in [0.2, 0.25) is 0 Å². The first-order valence-electron chi connectivity index (χ1n) is 9.37. The molecule has 0 unspecified atom stereocenters. The summed E-state index contributed by atoms with van der Waals surface area (Å²) in [4.78, 5) is 12.3. The third kappa shape index (κ3) is 6.03. The van der Waals surface area contributed by atoms with Crippen LogP contribution in [0.5, 0.6) is 0 Å². The maximum atomic E-state index is 12.3. The van der Waals surface area contributed by atoms with Gasteiger partial charge in [0, 0.05) is 22.8 Å². The molecule has 0 atom stereocenters. The lowest BCUT2D eigenvalue weighted by atomic mass is 10.1. The average Bonchev–Trinajstić information content (AvgIpc) is 2.96. The fourth-order valence-electron chi connectivity index (χ4n) is 3.06. The van der Waals surface area contributed by atoms with Gasteiger partial charge in [0.15, 0.2) is 0 Å². The summed E-state index contributed by atoms with van der Waals surface area (Å²) in [5, 5.41) is 4.34. The minimum atomic E-state index is -0.120. The van der Waals surface area contributed by atoms with E-state index in [0.717, 1.165) is 30.1 Å². The molecule has 136 valence electrons. The molecule has 3 nitrogen and oxygen atoms in total. The average molecular weight is 367 g/mol. The van der Waals surface area contributed by atoms with Crippen LogP contribution in [0.4, 0.5) is 0 Å². The van der Waals surface area contributed by atoms with Gasteiger partial charge >= 0.3 is 0 Å². The normalized spacial score (nSPS) is 14.5. The van der Waals surface area contributed by atoms with Crippen LogP contribution in [-0.2, 0) is 11.5 Å². The van der Waals surface area contributed by atoms with Gasteiger partial charge in [-0.15, -0.1) is 0 Å².